The zero-order valence-electron chi connectivity index (χ0n) is 18.1. The highest BCUT2D eigenvalue weighted by Crippen LogP contribution is 2.21. The standard InChI is InChI=1S/C20H28ClN7O4S/c1-33(31,32)26-12-11-24-18(29)16(3-2-10-25-20(22)23)28-19(30)17-9-8-15(27-17)13-4-6-14(21)7-5-13/h4-9,16,26-27H,2-3,10-12H2,1H3,(H,24,29)(H,28,30)(H4,22,23,25). The molecule has 33 heavy (non-hydrogen) atoms. The van der Waals surface area contributed by atoms with E-state index in [2.05, 4.69) is 25.3 Å². The fraction of sp³-hybridized carbons (Fsp3) is 0.350. The molecule has 0 aliphatic rings. The minimum atomic E-state index is -3.37. The van der Waals surface area contributed by atoms with Crippen LogP contribution in [0.1, 0.15) is 23.3 Å². The average molecular weight is 498 g/mol. The molecule has 0 aliphatic carbocycles. The summed E-state index contributed by atoms with van der Waals surface area (Å²) in [5, 5.41) is 5.91. The van der Waals surface area contributed by atoms with Gasteiger partial charge in [0.2, 0.25) is 15.9 Å². The zero-order valence-corrected chi connectivity index (χ0v) is 19.7. The van der Waals surface area contributed by atoms with Crippen LogP contribution in [0.5, 0.6) is 0 Å². The van der Waals surface area contributed by atoms with Crippen molar-refractivity contribution < 1.29 is 18.0 Å². The SMILES string of the molecule is CS(=O)(=O)NCCNC(=O)C(CCCN=C(N)N)NC(=O)c1ccc(-c2ccc(Cl)cc2)[nH]1. The first-order valence-corrected chi connectivity index (χ1v) is 12.4. The Labute approximate surface area is 197 Å². The molecule has 1 unspecified atom stereocenters. The molecule has 2 rings (SSSR count). The van der Waals surface area contributed by atoms with Gasteiger partial charge in [0.1, 0.15) is 11.7 Å². The van der Waals surface area contributed by atoms with Gasteiger partial charge >= 0.3 is 0 Å². The molecule has 1 aromatic heterocycles. The molecular weight excluding hydrogens is 470 g/mol. The number of aromatic amines is 1. The highest BCUT2D eigenvalue weighted by molar-refractivity contribution is 7.88. The quantitative estimate of drug-likeness (QED) is 0.138. The number of sulfonamides is 1. The zero-order chi connectivity index (χ0) is 24.4. The molecule has 0 spiro atoms. The second-order valence-electron chi connectivity index (χ2n) is 7.22. The molecular formula is C20H28ClN7O4S. The Bertz CT molecular complexity index is 1080. The van der Waals surface area contributed by atoms with E-state index >= 15 is 0 Å². The molecule has 1 heterocycles. The Kier molecular flexibility index (Phi) is 9.70. The molecule has 0 saturated heterocycles. The molecule has 0 radical (unpaired) electrons. The molecule has 0 fully saturated rings. The third-order valence-corrected chi connectivity index (χ3v) is 5.42. The predicted molar refractivity (Wildman–Crippen MR) is 128 cm³/mol. The summed E-state index contributed by atoms with van der Waals surface area (Å²) < 4.78 is 24.6. The number of hydrogen-bond acceptors (Lipinski definition) is 5. The van der Waals surface area contributed by atoms with Crippen LogP contribution in [-0.2, 0) is 14.8 Å². The van der Waals surface area contributed by atoms with E-state index in [0.29, 0.717) is 18.0 Å². The maximum atomic E-state index is 12.8. The van der Waals surface area contributed by atoms with Crippen molar-refractivity contribution in [3.05, 3.63) is 47.1 Å². The van der Waals surface area contributed by atoms with Crippen molar-refractivity contribution in [1.29, 1.82) is 0 Å². The first kappa shape index (κ1) is 26.2. The van der Waals surface area contributed by atoms with Gasteiger partial charge in [-0.1, -0.05) is 23.7 Å². The Hall–Kier alpha value is -3.09. The number of nitrogens with one attached hydrogen (secondary N) is 4. The number of guanidine groups is 1. The van der Waals surface area contributed by atoms with Crippen LogP contribution in [-0.4, -0.2) is 63.1 Å². The summed E-state index contributed by atoms with van der Waals surface area (Å²) in [6.45, 7) is 0.385. The highest BCUT2D eigenvalue weighted by Gasteiger charge is 2.22. The first-order valence-electron chi connectivity index (χ1n) is 10.1. The number of H-pyrrole nitrogens is 1. The van der Waals surface area contributed by atoms with Crippen molar-refractivity contribution in [3.8, 4) is 11.3 Å². The molecule has 11 nitrogen and oxygen atoms in total. The minimum Gasteiger partial charge on any atom is -0.370 e. The Morgan fingerprint density at radius 1 is 1.12 bits per heavy atom. The first-order chi connectivity index (χ1) is 15.5. The van der Waals surface area contributed by atoms with Crippen LogP contribution in [0.15, 0.2) is 41.4 Å². The van der Waals surface area contributed by atoms with E-state index in [-0.39, 0.29) is 31.2 Å². The molecule has 2 amide bonds. The molecule has 1 aromatic carbocycles. The molecule has 0 bridgehead atoms. The molecule has 1 atom stereocenters. The van der Waals surface area contributed by atoms with Crippen molar-refractivity contribution in [2.75, 3.05) is 25.9 Å². The molecule has 0 aliphatic heterocycles. The van der Waals surface area contributed by atoms with Gasteiger partial charge in [0.25, 0.3) is 5.91 Å². The van der Waals surface area contributed by atoms with Gasteiger partial charge in [-0.25, -0.2) is 13.1 Å². The summed E-state index contributed by atoms with van der Waals surface area (Å²) in [4.78, 5) is 32.3. The summed E-state index contributed by atoms with van der Waals surface area (Å²) in [5.41, 5.74) is 12.5. The van der Waals surface area contributed by atoms with Gasteiger partial charge in [-0.05, 0) is 42.7 Å². The lowest BCUT2D eigenvalue weighted by Gasteiger charge is -2.18. The van der Waals surface area contributed by atoms with Gasteiger partial charge in [-0.3, -0.25) is 14.6 Å². The number of aliphatic imine (C=N–C) groups is 1. The molecule has 0 saturated carbocycles. The van der Waals surface area contributed by atoms with Gasteiger partial charge in [-0.2, -0.15) is 0 Å². The van der Waals surface area contributed by atoms with Crippen molar-refractivity contribution >= 4 is 39.4 Å². The maximum absolute atomic E-state index is 12.8. The monoisotopic (exact) mass is 497 g/mol. The lowest BCUT2D eigenvalue weighted by atomic mass is 10.1. The van der Waals surface area contributed by atoms with Crippen molar-refractivity contribution in [3.63, 3.8) is 0 Å². The third kappa shape index (κ3) is 9.51. The summed E-state index contributed by atoms with van der Waals surface area (Å²) in [5.74, 6) is -0.979. The van der Waals surface area contributed by atoms with Crippen molar-refractivity contribution in [1.82, 2.24) is 20.3 Å². The van der Waals surface area contributed by atoms with Gasteiger partial charge in [0, 0.05) is 30.4 Å². The van der Waals surface area contributed by atoms with Crippen molar-refractivity contribution in [2.24, 2.45) is 16.5 Å². The number of benzene rings is 1. The Morgan fingerprint density at radius 3 is 2.45 bits per heavy atom. The fourth-order valence-corrected chi connectivity index (χ4v) is 3.48. The second kappa shape index (κ2) is 12.2. The van der Waals surface area contributed by atoms with E-state index in [1.165, 1.54) is 0 Å². The predicted octanol–water partition coefficient (Wildman–Crippen LogP) is 0.153. The lowest BCUT2D eigenvalue weighted by molar-refractivity contribution is -0.123. The van der Waals surface area contributed by atoms with E-state index in [1.807, 2.05) is 12.1 Å². The topological polar surface area (TPSA) is 185 Å². The summed E-state index contributed by atoms with van der Waals surface area (Å²) in [6.07, 6.45) is 1.74. The average Bonchev–Trinajstić information content (AvgIpc) is 3.23. The summed E-state index contributed by atoms with van der Waals surface area (Å²) in [6, 6.07) is 9.62. The number of rotatable bonds is 12. The number of hydrogen-bond donors (Lipinski definition) is 6. The van der Waals surface area contributed by atoms with Crippen molar-refractivity contribution in [2.45, 2.75) is 18.9 Å². The van der Waals surface area contributed by atoms with Gasteiger partial charge in [0.05, 0.1) is 6.26 Å². The Balaban J connectivity index is 2.02. The number of amides is 2. The van der Waals surface area contributed by atoms with E-state index in [4.69, 9.17) is 23.1 Å². The number of carbonyl (C=O) groups is 2. The number of carbonyl (C=O) groups excluding carboxylic acids is 2. The smallest absolute Gasteiger partial charge is 0.268 e. The minimum absolute atomic E-state index is 0.0281. The van der Waals surface area contributed by atoms with Crippen LogP contribution >= 0.6 is 11.6 Å². The van der Waals surface area contributed by atoms with E-state index in [9.17, 15) is 18.0 Å². The van der Waals surface area contributed by atoms with Crippen LogP contribution in [0.2, 0.25) is 5.02 Å². The van der Waals surface area contributed by atoms with E-state index in [0.717, 1.165) is 17.5 Å². The van der Waals surface area contributed by atoms with Crippen LogP contribution in [0.25, 0.3) is 11.3 Å². The number of nitrogens with zero attached hydrogens (tertiary/aromatic N) is 1. The van der Waals surface area contributed by atoms with Crippen LogP contribution in [0.4, 0.5) is 0 Å². The van der Waals surface area contributed by atoms with Gasteiger partial charge in [-0.15, -0.1) is 0 Å². The van der Waals surface area contributed by atoms with Crippen LogP contribution < -0.4 is 26.8 Å². The molecule has 13 heteroatoms. The van der Waals surface area contributed by atoms with E-state index < -0.39 is 27.9 Å². The molecule has 2 aromatic rings. The van der Waals surface area contributed by atoms with Crippen LogP contribution in [0, 0.1) is 0 Å². The summed E-state index contributed by atoms with van der Waals surface area (Å²) in [7, 11) is -3.37. The highest BCUT2D eigenvalue weighted by atomic mass is 35.5. The lowest BCUT2D eigenvalue weighted by Crippen LogP contribution is -2.48. The third-order valence-electron chi connectivity index (χ3n) is 4.44. The Morgan fingerprint density at radius 2 is 1.82 bits per heavy atom. The number of aromatic nitrogens is 1. The largest absolute Gasteiger partial charge is 0.370 e. The second-order valence-corrected chi connectivity index (χ2v) is 9.49. The van der Waals surface area contributed by atoms with Gasteiger partial charge in [0.15, 0.2) is 5.96 Å². The molecule has 8 N–H and O–H groups in total. The summed E-state index contributed by atoms with van der Waals surface area (Å²) >= 11 is 5.91. The van der Waals surface area contributed by atoms with E-state index in [1.54, 1.807) is 24.3 Å². The number of halogens is 1. The van der Waals surface area contributed by atoms with Crippen LogP contribution in [0.3, 0.4) is 0 Å². The molecule has 180 valence electrons. The van der Waals surface area contributed by atoms with Gasteiger partial charge < -0.3 is 27.1 Å². The normalized spacial score (nSPS) is 12.1. The maximum Gasteiger partial charge on any atom is 0.268 e. The number of nitrogens with two attached hydrogens (primary N) is 2. The fourth-order valence-electron chi connectivity index (χ4n) is 2.88.